The van der Waals surface area contributed by atoms with Gasteiger partial charge in [0.25, 0.3) is 0 Å². The predicted octanol–water partition coefficient (Wildman–Crippen LogP) is 5.07. The highest BCUT2D eigenvalue weighted by molar-refractivity contribution is 6.30. The van der Waals surface area contributed by atoms with Crippen molar-refractivity contribution in [1.82, 2.24) is 4.98 Å². The number of hydrogen-bond donors (Lipinski definition) is 0. The summed E-state index contributed by atoms with van der Waals surface area (Å²) in [6, 6.07) is 11.3. The quantitative estimate of drug-likeness (QED) is 0.634. The van der Waals surface area contributed by atoms with Gasteiger partial charge in [0.1, 0.15) is 5.69 Å². The Labute approximate surface area is 142 Å². The molecule has 0 amide bonds. The van der Waals surface area contributed by atoms with Crippen LogP contribution in [-0.2, 0) is 18.0 Å². The Morgan fingerprint density at radius 2 is 1.74 bits per heavy atom. The fourth-order valence-electron chi connectivity index (χ4n) is 2.09. The molecule has 0 fully saturated rings. The molecule has 0 bridgehead atoms. The zero-order chi connectivity index (χ0) is 16.7. The van der Waals surface area contributed by atoms with E-state index >= 15 is 0 Å². The van der Waals surface area contributed by atoms with E-state index in [0.717, 1.165) is 22.6 Å². The zero-order valence-electron chi connectivity index (χ0n) is 13.6. The van der Waals surface area contributed by atoms with Gasteiger partial charge >= 0.3 is 0 Å². The van der Waals surface area contributed by atoms with Crippen LogP contribution in [-0.4, -0.2) is 10.8 Å². The van der Waals surface area contributed by atoms with Crippen molar-refractivity contribution < 1.29 is 9.53 Å². The van der Waals surface area contributed by atoms with Gasteiger partial charge in [0.2, 0.25) is 0 Å². The summed E-state index contributed by atoms with van der Waals surface area (Å²) in [5, 5.41) is 0.718. The fourth-order valence-corrected chi connectivity index (χ4v) is 2.22. The van der Waals surface area contributed by atoms with Crippen LogP contribution in [0.1, 0.15) is 48.3 Å². The third-order valence-corrected chi connectivity index (χ3v) is 3.76. The van der Waals surface area contributed by atoms with Crippen molar-refractivity contribution in [2.45, 2.75) is 39.9 Å². The van der Waals surface area contributed by atoms with Gasteiger partial charge in [0.05, 0.1) is 13.2 Å². The summed E-state index contributed by atoms with van der Waals surface area (Å²) >= 11 is 5.84. The molecule has 4 heteroatoms. The topological polar surface area (TPSA) is 39.2 Å². The van der Waals surface area contributed by atoms with E-state index in [1.165, 1.54) is 0 Å². The third kappa shape index (κ3) is 6.12. The summed E-state index contributed by atoms with van der Waals surface area (Å²) in [6.07, 6.45) is 3.16. The molecule has 0 aliphatic carbocycles. The minimum absolute atomic E-state index is 0.104. The number of Topliss-reactive ketones (excluding diaryl/α,β-unsaturated/α-hetero) is 1. The van der Waals surface area contributed by atoms with E-state index in [-0.39, 0.29) is 5.78 Å². The summed E-state index contributed by atoms with van der Waals surface area (Å²) < 4.78 is 5.66. The summed E-state index contributed by atoms with van der Waals surface area (Å²) in [4.78, 5) is 16.2. The van der Waals surface area contributed by atoms with Crippen LogP contribution in [0.3, 0.4) is 0 Å². The van der Waals surface area contributed by atoms with Gasteiger partial charge in [0, 0.05) is 17.6 Å². The number of ketones is 1. The van der Waals surface area contributed by atoms with Gasteiger partial charge in [-0.3, -0.25) is 9.78 Å². The van der Waals surface area contributed by atoms with Crippen LogP contribution in [0.15, 0.2) is 42.6 Å². The van der Waals surface area contributed by atoms with Gasteiger partial charge in [-0.2, -0.15) is 0 Å². The number of ether oxygens (including phenoxy) is 1. The van der Waals surface area contributed by atoms with Crippen molar-refractivity contribution >= 4 is 17.4 Å². The first kappa shape index (κ1) is 17.6. The first-order valence-corrected chi connectivity index (χ1v) is 8.22. The lowest BCUT2D eigenvalue weighted by molar-refractivity contribution is 0.0969. The Kier molecular flexibility index (Phi) is 6.75. The van der Waals surface area contributed by atoms with Crippen molar-refractivity contribution in [3.63, 3.8) is 0 Å². The number of aromatic nitrogens is 1. The van der Waals surface area contributed by atoms with Gasteiger partial charge in [0.15, 0.2) is 5.78 Å². The minimum atomic E-state index is 0.104. The largest absolute Gasteiger partial charge is 0.372 e. The molecule has 0 aliphatic rings. The molecule has 0 saturated carbocycles. The second-order valence-electron chi connectivity index (χ2n) is 6.03. The summed E-state index contributed by atoms with van der Waals surface area (Å²) in [7, 11) is 0. The van der Waals surface area contributed by atoms with Crippen LogP contribution in [0.4, 0.5) is 0 Å². The Balaban J connectivity index is 1.80. The number of nitrogens with zero attached hydrogens (tertiary/aromatic N) is 1. The number of hydrogen-bond acceptors (Lipinski definition) is 3. The molecule has 0 saturated heterocycles. The molecule has 2 aromatic rings. The molecule has 0 atom stereocenters. The lowest BCUT2D eigenvalue weighted by atomic mass is 10.0. The third-order valence-electron chi connectivity index (χ3n) is 3.51. The Morgan fingerprint density at radius 1 is 1.09 bits per heavy atom. The molecule has 0 spiro atoms. The monoisotopic (exact) mass is 331 g/mol. The molecule has 0 aliphatic heterocycles. The summed E-state index contributed by atoms with van der Waals surface area (Å²) in [5.74, 6) is 0.631. The van der Waals surface area contributed by atoms with Crippen molar-refractivity contribution in [2.75, 3.05) is 0 Å². The first-order valence-electron chi connectivity index (χ1n) is 7.85. The van der Waals surface area contributed by atoms with Gasteiger partial charge < -0.3 is 4.74 Å². The molecule has 0 N–H and O–H groups in total. The normalized spacial score (nSPS) is 11.0. The molecule has 23 heavy (non-hydrogen) atoms. The van der Waals surface area contributed by atoms with Crippen molar-refractivity contribution in [2.24, 2.45) is 5.92 Å². The van der Waals surface area contributed by atoms with E-state index in [9.17, 15) is 4.79 Å². The zero-order valence-corrected chi connectivity index (χ0v) is 14.3. The SMILES string of the molecule is CC(C)CCC(=O)c1ccc(COCc2ccc(Cl)cc2)cn1. The summed E-state index contributed by atoms with van der Waals surface area (Å²) in [5.41, 5.74) is 2.56. The van der Waals surface area contributed by atoms with Gasteiger partial charge in [-0.05, 0) is 41.7 Å². The molecular weight excluding hydrogens is 310 g/mol. The molecule has 3 nitrogen and oxygen atoms in total. The van der Waals surface area contributed by atoms with Crippen LogP contribution in [0.5, 0.6) is 0 Å². The second kappa shape index (κ2) is 8.80. The Bertz CT molecular complexity index is 621. The number of carbonyl (C=O) groups is 1. The van der Waals surface area contributed by atoms with Crippen molar-refractivity contribution in [3.05, 3.63) is 64.4 Å². The standard InChI is InChI=1S/C19H22ClNO2/c1-14(2)3-10-19(22)18-9-6-16(11-21-18)13-23-12-15-4-7-17(20)8-5-15/h4-9,11,14H,3,10,12-13H2,1-2H3. The number of carbonyl (C=O) groups excluding carboxylic acids is 1. The number of pyridine rings is 1. The maximum Gasteiger partial charge on any atom is 0.181 e. The van der Waals surface area contributed by atoms with Crippen LogP contribution in [0, 0.1) is 5.92 Å². The van der Waals surface area contributed by atoms with E-state index in [2.05, 4.69) is 18.8 Å². The highest BCUT2D eigenvalue weighted by atomic mass is 35.5. The highest BCUT2D eigenvalue weighted by Gasteiger charge is 2.08. The van der Waals surface area contributed by atoms with E-state index in [1.807, 2.05) is 30.3 Å². The van der Waals surface area contributed by atoms with Crippen LogP contribution >= 0.6 is 11.6 Å². The summed E-state index contributed by atoms with van der Waals surface area (Å²) in [6.45, 7) is 5.21. The molecule has 1 heterocycles. The lowest BCUT2D eigenvalue weighted by Crippen LogP contribution is -2.04. The van der Waals surface area contributed by atoms with Crippen LogP contribution < -0.4 is 0 Å². The molecule has 0 unspecified atom stereocenters. The molecule has 122 valence electrons. The smallest absolute Gasteiger partial charge is 0.181 e. The van der Waals surface area contributed by atoms with E-state index in [1.54, 1.807) is 12.3 Å². The fraction of sp³-hybridized carbons (Fsp3) is 0.368. The number of halogens is 1. The molecular formula is C19H22ClNO2. The van der Waals surface area contributed by atoms with Crippen LogP contribution in [0.2, 0.25) is 5.02 Å². The molecule has 0 radical (unpaired) electrons. The second-order valence-corrected chi connectivity index (χ2v) is 6.46. The lowest BCUT2D eigenvalue weighted by Gasteiger charge is -2.06. The average Bonchev–Trinajstić information content (AvgIpc) is 2.55. The first-order chi connectivity index (χ1) is 11.0. The molecule has 1 aromatic carbocycles. The maximum absolute atomic E-state index is 12.0. The van der Waals surface area contributed by atoms with Gasteiger partial charge in [-0.25, -0.2) is 0 Å². The van der Waals surface area contributed by atoms with Crippen molar-refractivity contribution in [3.8, 4) is 0 Å². The van der Waals surface area contributed by atoms with Gasteiger partial charge in [-0.1, -0.05) is 43.6 Å². The number of benzene rings is 1. The van der Waals surface area contributed by atoms with Crippen molar-refractivity contribution in [1.29, 1.82) is 0 Å². The Morgan fingerprint density at radius 3 is 2.35 bits per heavy atom. The van der Waals surface area contributed by atoms with Gasteiger partial charge in [-0.15, -0.1) is 0 Å². The maximum atomic E-state index is 12.0. The molecule has 1 aromatic heterocycles. The van der Waals surface area contributed by atoms with E-state index in [4.69, 9.17) is 16.3 Å². The predicted molar refractivity (Wildman–Crippen MR) is 92.6 cm³/mol. The van der Waals surface area contributed by atoms with E-state index in [0.29, 0.717) is 31.2 Å². The minimum Gasteiger partial charge on any atom is -0.372 e. The average molecular weight is 332 g/mol. The van der Waals surface area contributed by atoms with E-state index < -0.39 is 0 Å². The number of rotatable bonds is 8. The van der Waals surface area contributed by atoms with Crippen LogP contribution in [0.25, 0.3) is 0 Å². The Hall–Kier alpha value is -1.71. The highest BCUT2D eigenvalue weighted by Crippen LogP contribution is 2.12. The molecule has 2 rings (SSSR count).